The van der Waals surface area contributed by atoms with Crippen LogP contribution in [0, 0.1) is 0 Å². The van der Waals surface area contributed by atoms with Gasteiger partial charge in [-0.2, -0.15) is 0 Å². The van der Waals surface area contributed by atoms with E-state index in [4.69, 9.17) is 16.3 Å². The van der Waals surface area contributed by atoms with E-state index in [2.05, 4.69) is 0 Å². The minimum atomic E-state index is -0.341. The maximum absolute atomic E-state index is 12.2. The van der Waals surface area contributed by atoms with Gasteiger partial charge in [0.05, 0.1) is 5.56 Å². The summed E-state index contributed by atoms with van der Waals surface area (Å²) < 4.78 is 5.82. The van der Waals surface area contributed by atoms with Crippen LogP contribution in [-0.4, -0.2) is 11.9 Å². The van der Waals surface area contributed by atoms with Crippen molar-refractivity contribution in [2.75, 3.05) is 0 Å². The number of carbonyl (C=O) groups excluding carboxylic acids is 1. The van der Waals surface area contributed by atoms with Crippen molar-refractivity contribution in [2.45, 2.75) is 25.9 Å². The zero-order valence-corrected chi connectivity index (χ0v) is 10.8. The molecule has 3 heteroatoms. The van der Waals surface area contributed by atoms with Gasteiger partial charge in [0.2, 0.25) is 5.78 Å². The molecule has 0 radical (unpaired) electrons. The van der Waals surface area contributed by atoms with E-state index < -0.39 is 0 Å². The molecule has 0 spiro atoms. The molecule has 1 unspecified atom stereocenters. The standard InChI is InChI=1S/C15H13ClO2/c1-2-5-13-14(17)11-8-12(16)9-6-3-4-7-10(9)15(11)18-13/h3-4,6-8,13H,2,5H2,1H3. The summed E-state index contributed by atoms with van der Waals surface area (Å²) in [5.74, 6) is 0.748. The number of hydrogen-bond acceptors (Lipinski definition) is 2. The Morgan fingerprint density at radius 3 is 2.72 bits per heavy atom. The van der Waals surface area contributed by atoms with Crippen molar-refractivity contribution in [1.82, 2.24) is 0 Å². The number of carbonyl (C=O) groups is 1. The van der Waals surface area contributed by atoms with Crippen LogP contribution in [0.2, 0.25) is 5.02 Å². The van der Waals surface area contributed by atoms with Crippen LogP contribution in [0.4, 0.5) is 0 Å². The van der Waals surface area contributed by atoms with Crippen molar-refractivity contribution in [2.24, 2.45) is 0 Å². The number of ketones is 1. The summed E-state index contributed by atoms with van der Waals surface area (Å²) >= 11 is 6.22. The lowest BCUT2D eigenvalue weighted by atomic mass is 10.0. The Kier molecular flexibility index (Phi) is 2.75. The molecule has 0 saturated heterocycles. The Morgan fingerprint density at radius 1 is 1.28 bits per heavy atom. The molecule has 3 rings (SSSR count). The van der Waals surface area contributed by atoms with Gasteiger partial charge in [0.25, 0.3) is 0 Å². The number of ether oxygens (including phenoxy) is 1. The quantitative estimate of drug-likeness (QED) is 0.807. The van der Waals surface area contributed by atoms with Crippen LogP contribution in [-0.2, 0) is 0 Å². The van der Waals surface area contributed by atoms with E-state index in [-0.39, 0.29) is 11.9 Å². The molecule has 0 aromatic heterocycles. The predicted molar refractivity (Wildman–Crippen MR) is 72.6 cm³/mol. The minimum absolute atomic E-state index is 0.0551. The lowest BCUT2D eigenvalue weighted by molar-refractivity contribution is 0.0846. The van der Waals surface area contributed by atoms with E-state index in [0.717, 1.165) is 23.6 Å². The van der Waals surface area contributed by atoms with E-state index in [1.54, 1.807) is 6.07 Å². The van der Waals surface area contributed by atoms with Crippen LogP contribution in [0.1, 0.15) is 30.1 Å². The number of halogens is 1. The number of Topliss-reactive ketones (excluding diaryl/α,β-unsaturated/α-hetero) is 1. The molecule has 0 amide bonds. The van der Waals surface area contributed by atoms with Crippen molar-refractivity contribution in [3.8, 4) is 5.75 Å². The molecule has 0 saturated carbocycles. The maximum atomic E-state index is 12.2. The highest BCUT2D eigenvalue weighted by Gasteiger charge is 2.33. The van der Waals surface area contributed by atoms with Gasteiger partial charge in [0, 0.05) is 15.8 Å². The van der Waals surface area contributed by atoms with Crippen LogP contribution in [0.3, 0.4) is 0 Å². The summed E-state index contributed by atoms with van der Waals surface area (Å²) in [5, 5.41) is 2.47. The van der Waals surface area contributed by atoms with Gasteiger partial charge in [-0.15, -0.1) is 0 Å². The molecule has 1 heterocycles. The molecular formula is C15H13ClO2. The van der Waals surface area contributed by atoms with Gasteiger partial charge in [-0.05, 0) is 12.5 Å². The third kappa shape index (κ3) is 1.60. The van der Waals surface area contributed by atoms with Gasteiger partial charge in [-0.1, -0.05) is 49.2 Å². The SMILES string of the molecule is CCCC1Oc2c(cc(Cl)c3ccccc23)C1=O. The molecule has 2 aromatic carbocycles. The Bertz CT molecular complexity index is 634. The predicted octanol–water partition coefficient (Wildman–Crippen LogP) is 4.24. The summed E-state index contributed by atoms with van der Waals surface area (Å²) in [7, 11) is 0. The van der Waals surface area contributed by atoms with Crippen LogP contribution in [0.5, 0.6) is 5.75 Å². The largest absolute Gasteiger partial charge is 0.481 e. The van der Waals surface area contributed by atoms with E-state index in [9.17, 15) is 4.79 Å². The highest BCUT2D eigenvalue weighted by molar-refractivity contribution is 6.36. The molecule has 0 fully saturated rings. The second kappa shape index (κ2) is 4.29. The number of benzene rings is 2. The van der Waals surface area contributed by atoms with E-state index >= 15 is 0 Å². The molecular weight excluding hydrogens is 248 g/mol. The van der Waals surface area contributed by atoms with E-state index in [1.165, 1.54) is 0 Å². The number of fused-ring (bicyclic) bond motifs is 3. The fraction of sp³-hybridized carbons (Fsp3) is 0.267. The van der Waals surface area contributed by atoms with Gasteiger partial charge >= 0.3 is 0 Å². The Labute approximate surface area is 111 Å². The normalized spacial score (nSPS) is 17.9. The Balaban J connectivity index is 2.22. The molecule has 2 nitrogen and oxygen atoms in total. The molecule has 0 aliphatic carbocycles. The van der Waals surface area contributed by atoms with Gasteiger partial charge in [0.1, 0.15) is 5.75 Å². The highest BCUT2D eigenvalue weighted by Crippen LogP contribution is 2.40. The van der Waals surface area contributed by atoms with Crippen LogP contribution < -0.4 is 4.74 Å². The van der Waals surface area contributed by atoms with E-state index in [1.807, 2.05) is 31.2 Å². The lowest BCUT2D eigenvalue weighted by Gasteiger charge is -2.08. The fourth-order valence-corrected chi connectivity index (χ4v) is 2.71. The number of rotatable bonds is 2. The first kappa shape index (κ1) is 11.5. The third-order valence-corrected chi connectivity index (χ3v) is 3.63. The molecule has 92 valence electrons. The van der Waals surface area contributed by atoms with Gasteiger partial charge < -0.3 is 4.74 Å². The smallest absolute Gasteiger partial charge is 0.207 e. The first-order valence-corrected chi connectivity index (χ1v) is 6.52. The highest BCUT2D eigenvalue weighted by atomic mass is 35.5. The molecule has 1 aliphatic heterocycles. The molecule has 1 aliphatic rings. The van der Waals surface area contributed by atoms with Crippen molar-refractivity contribution in [3.05, 3.63) is 40.9 Å². The van der Waals surface area contributed by atoms with Gasteiger partial charge in [-0.3, -0.25) is 4.79 Å². The molecule has 2 aromatic rings. The summed E-state index contributed by atoms with van der Waals surface area (Å²) in [4.78, 5) is 12.2. The number of hydrogen-bond donors (Lipinski definition) is 0. The van der Waals surface area contributed by atoms with Gasteiger partial charge in [-0.25, -0.2) is 0 Å². The second-order valence-electron chi connectivity index (χ2n) is 4.54. The Morgan fingerprint density at radius 2 is 2.00 bits per heavy atom. The summed E-state index contributed by atoms with van der Waals surface area (Å²) in [6.07, 6.45) is 1.34. The third-order valence-electron chi connectivity index (χ3n) is 3.31. The van der Waals surface area contributed by atoms with Crippen molar-refractivity contribution >= 4 is 28.2 Å². The van der Waals surface area contributed by atoms with E-state index in [0.29, 0.717) is 16.3 Å². The van der Waals surface area contributed by atoms with Crippen molar-refractivity contribution in [3.63, 3.8) is 0 Å². The topological polar surface area (TPSA) is 26.3 Å². The molecule has 0 bridgehead atoms. The fourth-order valence-electron chi connectivity index (χ4n) is 2.44. The first-order chi connectivity index (χ1) is 8.72. The van der Waals surface area contributed by atoms with Crippen LogP contribution >= 0.6 is 11.6 Å². The van der Waals surface area contributed by atoms with Crippen LogP contribution in [0.15, 0.2) is 30.3 Å². The average molecular weight is 261 g/mol. The Hall–Kier alpha value is -1.54. The zero-order chi connectivity index (χ0) is 12.7. The summed E-state index contributed by atoms with van der Waals surface area (Å²) in [5.41, 5.74) is 0.622. The monoisotopic (exact) mass is 260 g/mol. The van der Waals surface area contributed by atoms with Gasteiger partial charge in [0.15, 0.2) is 6.10 Å². The van der Waals surface area contributed by atoms with Crippen LogP contribution in [0.25, 0.3) is 10.8 Å². The minimum Gasteiger partial charge on any atom is -0.481 e. The molecule has 18 heavy (non-hydrogen) atoms. The van der Waals surface area contributed by atoms with Crippen molar-refractivity contribution in [1.29, 1.82) is 0 Å². The zero-order valence-electron chi connectivity index (χ0n) is 10.1. The molecule has 0 N–H and O–H groups in total. The lowest BCUT2D eigenvalue weighted by Crippen LogP contribution is -2.19. The second-order valence-corrected chi connectivity index (χ2v) is 4.95. The first-order valence-electron chi connectivity index (χ1n) is 6.14. The molecule has 1 atom stereocenters. The van der Waals surface area contributed by atoms with Crippen molar-refractivity contribution < 1.29 is 9.53 Å². The summed E-state index contributed by atoms with van der Waals surface area (Å²) in [6.45, 7) is 2.05. The average Bonchev–Trinajstić information content (AvgIpc) is 2.69. The maximum Gasteiger partial charge on any atom is 0.207 e. The summed E-state index contributed by atoms with van der Waals surface area (Å²) in [6, 6.07) is 9.48.